The van der Waals surface area contributed by atoms with Crippen molar-refractivity contribution in [2.24, 2.45) is 0 Å². The smallest absolute Gasteiger partial charge is 0.160 e. The van der Waals surface area contributed by atoms with E-state index in [1.807, 2.05) is 42.5 Å². The summed E-state index contributed by atoms with van der Waals surface area (Å²) in [4.78, 5) is 0. The van der Waals surface area contributed by atoms with E-state index < -0.39 is 0 Å². The summed E-state index contributed by atoms with van der Waals surface area (Å²) >= 11 is 0. The van der Waals surface area contributed by atoms with Crippen LogP contribution in [0.1, 0.15) is 11.8 Å². The van der Waals surface area contributed by atoms with Gasteiger partial charge in [-0.3, -0.25) is 0 Å². The molecule has 2 rings (SSSR count). The molecular formula is C13H12N2O. The maximum Gasteiger partial charge on any atom is 0.160 e. The number of benzene rings is 1. The monoisotopic (exact) mass is 212 g/mol. The largest absolute Gasteiger partial charge is 0.480 e. The summed E-state index contributed by atoms with van der Waals surface area (Å²) in [6.45, 7) is 3.74. The predicted molar refractivity (Wildman–Crippen MR) is 62.0 cm³/mol. The van der Waals surface area contributed by atoms with Crippen molar-refractivity contribution in [2.75, 3.05) is 0 Å². The van der Waals surface area contributed by atoms with E-state index in [-0.39, 0.29) is 6.10 Å². The zero-order chi connectivity index (χ0) is 11.2. The van der Waals surface area contributed by atoms with Gasteiger partial charge in [0, 0.05) is 6.20 Å². The highest BCUT2D eigenvalue weighted by Crippen LogP contribution is 2.20. The van der Waals surface area contributed by atoms with Gasteiger partial charge in [0.05, 0.1) is 0 Å². The average Bonchev–Trinajstić information content (AvgIpc) is 2.38. The van der Waals surface area contributed by atoms with E-state index in [0.717, 1.165) is 11.4 Å². The molecule has 0 bridgehead atoms. The fourth-order valence-corrected chi connectivity index (χ4v) is 1.34. The number of ether oxygens (including phenoxy) is 1. The van der Waals surface area contributed by atoms with Crippen LogP contribution in [0.5, 0.6) is 5.75 Å². The van der Waals surface area contributed by atoms with Gasteiger partial charge in [0.15, 0.2) is 6.10 Å². The molecule has 0 saturated carbocycles. The number of aromatic nitrogens is 2. The van der Waals surface area contributed by atoms with Gasteiger partial charge in [0.25, 0.3) is 0 Å². The minimum atomic E-state index is -0.268. The molecule has 1 aromatic heterocycles. The van der Waals surface area contributed by atoms with Crippen LogP contribution in [-0.4, -0.2) is 10.2 Å². The minimum absolute atomic E-state index is 0.268. The second-order valence-corrected chi connectivity index (χ2v) is 3.24. The Kier molecular flexibility index (Phi) is 3.28. The van der Waals surface area contributed by atoms with Crippen LogP contribution < -0.4 is 4.74 Å². The van der Waals surface area contributed by atoms with Gasteiger partial charge >= 0.3 is 0 Å². The van der Waals surface area contributed by atoms with Crippen molar-refractivity contribution in [3.05, 3.63) is 67.0 Å². The highest BCUT2D eigenvalue weighted by atomic mass is 16.5. The van der Waals surface area contributed by atoms with Gasteiger partial charge in [-0.1, -0.05) is 24.8 Å². The Morgan fingerprint density at radius 1 is 1.12 bits per heavy atom. The van der Waals surface area contributed by atoms with E-state index in [2.05, 4.69) is 16.8 Å². The molecule has 1 unspecified atom stereocenters. The second-order valence-electron chi connectivity index (χ2n) is 3.24. The van der Waals surface area contributed by atoms with Gasteiger partial charge < -0.3 is 4.74 Å². The lowest BCUT2D eigenvalue weighted by Gasteiger charge is -2.13. The lowest BCUT2D eigenvalue weighted by Crippen LogP contribution is -2.06. The molecule has 0 spiro atoms. The number of hydrogen-bond acceptors (Lipinski definition) is 3. The highest BCUT2D eigenvalue weighted by molar-refractivity contribution is 5.23. The lowest BCUT2D eigenvalue weighted by atomic mass is 10.2. The van der Waals surface area contributed by atoms with Gasteiger partial charge in [0.1, 0.15) is 11.4 Å². The van der Waals surface area contributed by atoms with Crippen LogP contribution in [-0.2, 0) is 0 Å². The van der Waals surface area contributed by atoms with Crippen molar-refractivity contribution in [1.29, 1.82) is 0 Å². The molecule has 1 atom stereocenters. The molecule has 1 aromatic carbocycles. The summed E-state index contributed by atoms with van der Waals surface area (Å²) in [5.74, 6) is 0.790. The minimum Gasteiger partial charge on any atom is -0.480 e. The number of nitrogens with zero attached hydrogens (tertiary/aromatic N) is 2. The van der Waals surface area contributed by atoms with Gasteiger partial charge in [-0.15, -0.1) is 0 Å². The molecule has 1 heterocycles. The molecule has 0 radical (unpaired) electrons. The summed E-state index contributed by atoms with van der Waals surface area (Å²) in [7, 11) is 0. The van der Waals surface area contributed by atoms with Gasteiger partial charge in [-0.25, -0.2) is 0 Å². The summed E-state index contributed by atoms with van der Waals surface area (Å²) in [6, 6.07) is 13.3. The number of rotatable bonds is 4. The molecule has 0 aliphatic rings. The maximum atomic E-state index is 5.73. The predicted octanol–water partition coefficient (Wildman–Crippen LogP) is 2.78. The second kappa shape index (κ2) is 5.07. The maximum absolute atomic E-state index is 5.73. The quantitative estimate of drug-likeness (QED) is 0.731. The molecule has 0 fully saturated rings. The first kappa shape index (κ1) is 10.4. The van der Waals surface area contributed by atoms with E-state index in [0.29, 0.717) is 0 Å². The Balaban J connectivity index is 2.16. The molecule has 2 aromatic rings. The topological polar surface area (TPSA) is 35.0 Å². The molecule has 3 heteroatoms. The first-order valence-electron chi connectivity index (χ1n) is 5.02. The summed E-state index contributed by atoms with van der Waals surface area (Å²) in [5.41, 5.74) is 0.751. The Hall–Kier alpha value is -2.16. The molecule has 0 saturated heterocycles. The molecule has 0 N–H and O–H groups in total. The first-order valence-corrected chi connectivity index (χ1v) is 5.02. The summed E-state index contributed by atoms with van der Waals surface area (Å²) in [6.07, 6.45) is 3.07. The number of para-hydroxylation sites is 1. The SMILES string of the molecule is C=CC(Oc1ccccc1)c1cccnn1. The zero-order valence-electron chi connectivity index (χ0n) is 8.78. The Bertz CT molecular complexity index is 442. The molecule has 80 valence electrons. The van der Waals surface area contributed by atoms with E-state index in [4.69, 9.17) is 4.74 Å². The number of hydrogen-bond donors (Lipinski definition) is 0. The van der Waals surface area contributed by atoms with Crippen LogP contribution in [0.25, 0.3) is 0 Å². The molecule has 0 amide bonds. The van der Waals surface area contributed by atoms with Crippen molar-refractivity contribution in [2.45, 2.75) is 6.10 Å². The normalized spacial score (nSPS) is 11.8. The van der Waals surface area contributed by atoms with Crippen LogP contribution in [0, 0.1) is 0 Å². The van der Waals surface area contributed by atoms with Crippen molar-refractivity contribution < 1.29 is 4.74 Å². The van der Waals surface area contributed by atoms with Crippen molar-refractivity contribution >= 4 is 0 Å². The molecular weight excluding hydrogens is 200 g/mol. The summed E-state index contributed by atoms with van der Waals surface area (Å²) in [5, 5.41) is 7.82. The highest BCUT2D eigenvalue weighted by Gasteiger charge is 2.10. The van der Waals surface area contributed by atoms with Crippen LogP contribution in [0.15, 0.2) is 61.3 Å². The third kappa shape index (κ3) is 2.45. The fraction of sp³-hybridized carbons (Fsp3) is 0.0769. The Morgan fingerprint density at radius 2 is 1.94 bits per heavy atom. The van der Waals surface area contributed by atoms with Gasteiger partial charge in [-0.05, 0) is 30.3 Å². The van der Waals surface area contributed by atoms with E-state index in [9.17, 15) is 0 Å². The third-order valence-corrected chi connectivity index (χ3v) is 2.10. The Morgan fingerprint density at radius 3 is 2.56 bits per heavy atom. The van der Waals surface area contributed by atoms with Crippen molar-refractivity contribution in [1.82, 2.24) is 10.2 Å². The van der Waals surface area contributed by atoms with Crippen molar-refractivity contribution in [3.63, 3.8) is 0 Å². The van der Waals surface area contributed by atoms with Crippen LogP contribution >= 0.6 is 0 Å². The standard InChI is InChI=1S/C13H12N2O/c1-2-13(12-9-6-10-14-15-12)16-11-7-4-3-5-8-11/h2-10,13H,1H2. The van der Waals surface area contributed by atoms with E-state index >= 15 is 0 Å². The molecule has 0 aliphatic carbocycles. The lowest BCUT2D eigenvalue weighted by molar-refractivity contribution is 0.249. The van der Waals surface area contributed by atoms with Crippen LogP contribution in [0.3, 0.4) is 0 Å². The molecule has 3 nitrogen and oxygen atoms in total. The zero-order valence-corrected chi connectivity index (χ0v) is 8.78. The molecule has 16 heavy (non-hydrogen) atoms. The van der Waals surface area contributed by atoms with E-state index in [1.165, 1.54) is 0 Å². The van der Waals surface area contributed by atoms with Gasteiger partial charge in [0.2, 0.25) is 0 Å². The fourth-order valence-electron chi connectivity index (χ4n) is 1.34. The van der Waals surface area contributed by atoms with E-state index in [1.54, 1.807) is 12.3 Å². The van der Waals surface area contributed by atoms with Gasteiger partial charge in [-0.2, -0.15) is 10.2 Å². The van der Waals surface area contributed by atoms with Crippen molar-refractivity contribution in [3.8, 4) is 5.75 Å². The first-order chi connectivity index (χ1) is 7.90. The van der Waals surface area contributed by atoms with Crippen LogP contribution in [0.2, 0.25) is 0 Å². The Labute approximate surface area is 94.4 Å². The molecule has 0 aliphatic heterocycles. The average molecular weight is 212 g/mol. The third-order valence-electron chi connectivity index (χ3n) is 2.10. The van der Waals surface area contributed by atoms with Crippen LogP contribution in [0.4, 0.5) is 0 Å². The summed E-state index contributed by atoms with van der Waals surface area (Å²) < 4.78 is 5.73.